The zero-order valence-electron chi connectivity index (χ0n) is 12.5. The van der Waals surface area contributed by atoms with Gasteiger partial charge in [0.1, 0.15) is 11.6 Å². The van der Waals surface area contributed by atoms with Crippen LogP contribution in [0, 0.1) is 11.6 Å². The van der Waals surface area contributed by atoms with Crippen molar-refractivity contribution in [1.82, 2.24) is 9.97 Å². The van der Waals surface area contributed by atoms with E-state index in [9.17, 15) is 18.4 Å². The lowest BCUT2D eigenvalue weighted by atomic mass is 10.2. The van der Waals surface area contributed by atoms with Gasteiger partial charge in [0.05, 0.1) is 16.5 Å². The molecule has 5 nitrogen and oxygen atoms in total. The number of rotatable bonds is 3. The second kappa shape index (κ2) is 6.19. The maximum Gasteiger partial charge on any atom is 0.339 e. The molecule has 7 heteroatoms. The summed E-state index contributed by atoms with van der Waals surface area (Å²) < 4.78 is 31.5. The molecule has 0 radical (unpaired) electrons. The lowest BCUT2D eigenvalue weighted by Crippen LogP contribution is -2.17. The average Bonchev–Trinajstić information content (AvgIpc) is 2.53. The summed E-state index contributed by atoms with van der Waals surface area (Å²) in [6.45, 7) is 1.50. The van der Waals surface area contributed by atoms with Gasteiger partial charge in [-0.05, 0) is 31.2 Å². The molecule has 3 rings (SSSR count). The molecule has 0 bridgehead atoms. The Labute approximate surface area is 134 Å². The molecule has 1 aromatic heterocycles. The van der Waals surface area contributed by atoms with E-state index in [-0.39, 0.29) is 16.9 Å². The quantitative estimate of drug-likeness (QED) is 0.749. The fourth-order valence-electron chi connectivity index (χ4n) is 2.25. The van der Waals surface area contributed by atoms with E-state index in [1.165, 1.54) is 6.92 Å². The molecule has 24 heavy (non-hydrogen) atoms. The van der Waals surface area contributed by atoms with Crippen LogP contribution in [0.25, 0.3) is 10.9 Å². The van der Waals surface area contributed by atoms with Gasteiger partial charge in [-0.15, -0.1) is 0 Å². The number of H-pyrrole nitrogens is 1. The van der Waals surface area contributed by atoms with Gasteiger partial charge in [-0.25, -0.2) is 18.6 Å². The highest BCUT2D eigenvalue weighted by atomic mass is 19.1. The van der Waals surface area contributed by atoms with E-state index in [2.05, 4.69) is 9.97 Å². The smallest absolute Gasteiger partial charge is 0.339 e. The van der Waals surface area contributed by atoms with Gasteiger partial charge in [-0.1, -0.05) is 12.1 Å². The first-order chi connectivity index (χ1) is 11.4. The highest BCUT2D eigenvalue weighted by molar-refractivity contribution is 5.89. The van der Waals surface area contributed by atoms with Gasteiger partial charge >= 0.3 is 5.97 Å². The number of halogens is 2. The third kappa shape index (κ3) is 3.15. The summed E-state index contributed by atoms with van der Waals surface area (Å²) in [5.74, 6) is -2.54. The largest absolute Gasteiger partial charge is 0.451 e. The van der Waals surface area contributed by atoms with E-state index in [4.69, 9.17) is 4.74 Å². The van der Waals surface area contributed by atoms with Gasteiger partial charge in [0, 0.05) is 6.07 Å². The number of benzene rings is 2. The number of nitrogens with one attached hydrogen (secondary N) is 1. The maximum atomic E-state index is 13.2. The minimum Gasteiger partial charge on any atom is -0.451 e. The Bertz CT molecular complexity index is 965. The lowest BCUT2D eigenvalue weighted by molar-refractivity contribution is 0.0319. The zero-order valence-corrected chi connectivity index (χ0v) is 12.5. The van der Waals surface area contributed by atoms with E-state index in [0.717, 1.165) is 12.1 Å². The molecule has 0 aliphatic heterocycles. The number of fused-ring (bicyclic) bond motifs is 1. The van der Waals surface area contributed by atoms with Crippen LogP contribution in [0.4, 0.5) is 8.78 Å². The molecule has 1 N–H and O–H groups in total. The summed E-state index contributed by atoms with van der Waals surface area (Å²) in [6.07, 6.45) is -0.902. The van der Waals surface area contributed by atoms with Crippen LogP contribution in [-0.2, 0) is 4.74 Å². The van der Waals surface area contributed by atoms with Crippen LogP contribution < -0.4 is 5.56 Å². The molecule has 0 saturated heterocycles. The van der Waals surface area contributed by atoms with Crippen molar-refractivity contribution in [1.29, 1.82) is 0 Å². The van der Waals surface area contributed by atoms with E-state index in [0.29, 0.717) is 17.0 Å². The fraction of sp³-hybridized carbons (Fsp3) is 0.118. The van der Waals surface area contributed by atoms with Gasteiger partial charge in [0.2, 0.25) is 0 Å². The number of hydrogen-bond donors (Lipinski definition) is 1. The normalized spacial score (nSPS) is 12.1. The number of carbonyl (C=O) groups is 1. The minimum absolute atomic E-state index is 0.143. The molecule has 0 aliphatic rings. The van der Waals surface area contributed by atoms with E-state index >= 15 is 0 Å². The van der Waals surface area contributed by atoms with Crippen molar-refractivity contribution in [2.24, 2.45) is 0 Å². The predicted octanol–water partition coefficient (Wildman–Crippen LogP) is 3.12. The molecular weight excluding hydrogens is 318 g/mol. The number of aromatic nitrogens is 2. The van der Waals surface area contributed by atoms with Crippen LogP contribution in [0.15, 0.2) is 47.3 Å². The van der Waals surface area contributed by atoms with Crippen LogP contribution in [0.3, 0.4) is 0 Å². The van der Waals surface area contributed by atoms with Crippen molar-refractivity contribution in [3.8, 4) is 0 Å². The number of ether oxygens (including phenoxy) is 1. The second-order valence-electron chi connectivity index (χ2n) is 5.17. The van der Waals surface area contributed by atoms with Gasteiger partial charge in [0.15, 0.2) is 11.9 Å². The Morgan fingerprint density at radius 1 is 1.17 bits per heavy atom. The molecule has 1 atom stereocenters. The second-order valence-corrected chi connectivity index (χ2v) is 5.17. The van der Waals surface area contributed by atoms with Gasteiger partial charge < -0.3 is 9.72 Å². The zero-order chi connectivity index (χ0) is 17.3. The van der Waals surface area contributed by atoms with Crippen molar-refractivity contribution >= 4 is 16.9 Å². The van der Waals surface area contributed by atoms with Crippen molar-refractivity contribution < 1.29 is 18.3 Å². The summed E-state index contributed by atoms with van der Waals surface area (Å²) in [7, 11) is 0. The molecule has 122 valence electrons. The van der Waals surface area contributed by atoms with Crippen LogP contribution in [0.2, 0.25) is 0 Å². The predicted molar refractivity (Wildman–Crippen MR) is 82.6 cm³/mol. The number of hydrogen-bond acceptors (Lipinski definition) is 4. The molecule has 2 aromatic carbocycles. The highest BCUT2D eigenvalue weighted by Crippen LogP contribution is 2.17. The maximum absolute atomic E-state index is 13.2. The molecule has 1 heterocycles. The molecular formula is C17H12F2N2O3. The SMILES string of the molecule is CC(OC(=O)c1cc(F)cc(F)c1)c1nc2ccccc2c(=O)[nH]1. The Morgan fingerprint density at radius 2 is 1.83 bits per heavy atom. The Kier molecular flexibility index (Phi) is 4.07. The average molecular weight is 330 g/mol. The summed E-state index contributed by atoms with van der Waals surface area (Å²) in [4.78, 5) is 30.8. The van der Waals surface area contributed by atoms with Crippen molar-refractivity contribution in [2.75, 3.05) is 0 Å². The Hall–Kier alpha value is -3.09. The first-order valence-electron chi connectivity index (χ1n) is 7.10. The van der Waals surface area contributed by atoms with Crippen LogP contribution in [0.1, 0.15) is 29.2 Å². The third-order valence-corrected chi connectivity index (χ3v) is 3.40. The first kappa shape index (κ1) is 15.8. The van der Waals surface area contributed by atoms with Gasteiger partial charge in [-0.3, -0.25) is 4.79 Å². The Balaban J connectivity index is 1.88. The third-order valence-electron chi connectivity index (χ3n) is 3.40. The molecule has 1 unspecified atom stereocenters. The summed E-state index contributed by atoms with van der Waals surface area (Å²) in [6, 6.07) is 9.11. The summed E-state index contributed by atoms with van der Waals surface area (Å²) >= 11 is 0. The van der Waals surface area contributed by atoms with Crippen molar-refractivity contribution in [3.05, 3.63) is 75.8 Å². The van der Waals surface area contributed by atoms with Crippen LogP contribution >= 0.6 is 0 Å². The molecule has 0 aliphatic carbocycles. The molecule has 3 aromatic rings. The molecule has 0 saturated carbocycles. The number of carbonyl (C=O) groups excluding carboxylic acids is 1. The van der Waals surface area contributed by atoms with E-state index < -0.39 is 23.7 Å². The summed E-state index contributed by atoms with van der Waals surface area (Å²) in [5, 5.41) is 0.409. The van der Waals surface area contributed by atoms with Crippen molar-refractivity contribution in [2.45, 2.75) is 13.0 Å². The van der Waals surface area contributed by atoms with E-state index in [1.54, 1.807) is 24.3 Å². The number of nitrogens with zero attached hydrogens (tertiary/aromatic N) is 1. The Morgan fingerprint density at radius 3 is 2.54 bits per heavy atom. The fourth-order valence-corrected chi connectivity index (χ4v) is 2.25. The topological polar surface area (TPSA) is 72.0 Å². The molecule has 0 amide bonds. The summed E-state index contributed by atoms with van der Waals surface area (Å²) in [5.41, 5.74) is -0.172. The standard InChI is InChI=1S/C17H12F2N2O3/c1-9(24-17(23)10-6-11(18)8-12(19)7-10)15-20-14-5-3-2-4-13(14)16(22)21-15/h2-9H,1H3,(H,20,21,22). The van der Waals surface area contributed by atoms with Crippen molar-refractivity contribution in [3.63, 3.8) is 0 Å². The molecule has 0 spiro atoms. The number of para-hydroxylation sites is 1. The lowest BCUT2D eigenvalue weighted by Gasteiger charge is -2.13. The highest BCUT2D eigenvalue weighted by Gasteiger charge is 2.18. The van der Waals surface area contributed by atoms with Crippen LogP contribution in [0.5, 0.6) is 0 Å². The van der Waals surface area contributed by atoms with Gasteiger partial charge in [0.25, 0.3) is 5.56 Å². The van der Waals surface area contributed by atoms with Gasteiger partial charge in [-0.2, -0.15) is 0 Å². The monoisotopic (exact) mass is 330 g/mol. The first-order valence-corrected chi connectivity index (χ1v) is 7.10. The van der Waals surface area contributed by atoms with Crippen LogP contribution in [-0.4, -0.2) is 15.9 Å². The number of esters is 1. The minimum atomic E-state index is -0.920. The number of aromatic amines is 1. The van der Waals surface area contributed by atoms with E-state index in [1.807, 2.05) is 0 Å². The molecule has 0 fully saturated rings.